The maximum Gasteiger partial charge on any atom is -0.0173 e. The maximum atomic E-state index is 2.45. The van der Waals surface area contributed by atoms with Crippen LogP contribution in [-0.4, -0.2) is 0 Å². The van der Waals surface area contributed by atoms with Crippen LogP contribution in [0.1, 0.15) is 53.9 Å². The molecule has 0 radical (unpaired) electrons. The summed E-state index contributed by atoms with van der Waals surface area (Å²) in [5.41, 5.74) is 2.58. The van der Waals surface area contributed by atoms with Crippen molar-refractivity contribution in [3.8, 4) is 0 Å². The monoisotopic (exact) mass is 166 g/mol. The Morgan fingerprint density at radius 3 is 2.17 bits per heavy atom. The van der Waals surface area contributed by atoms with Crippen LogP contribution in [0.3, 0.4) is 0 Å². The normalized spacial score (nSPS) is 23.6. The molecule has 0 fully saturated rings. The minimum Gasteiger partial charge on any atom is -0.0848 e. The molecule has 0 saturated heterocycles. The van der Waals surface area contributed by atoms with Gasteiger partial charge >= 0.3 is 0 Å². The van der Waals surface area contributed by atoms with Crippen molar-refractivity contribution < 1.29 is 0 Å². The van der Waals surface area contributed by atoms with Gasteiger partial charge in [0, 0.05) is 0 Å². The van der Waals surface area contributed by atoms with Crippen molar-refractivity contribution in [1.82, 2.24) is 0 Å². The Kier molecular flexibility index (Phi) is 2.38. The molecule has 0 aromatic carbocycles. The highest BCUT2D eigenvalue weighted by Gasteiger charge is 2.28. The molecule has 0 atom stereocenters. The van der Waals surface area contributed by atoms with Crippen LogP contribution in [0.4, 0.5) is 0 Å². The lowest BCUT2D eigenvalue weighted by molar-refractivity contribution is 0.287. The van der Waals surface area contributed by atoms with E-state index in [9.17, 15) is 0 Å². The van der Waals surface area contributed by atoms with Crippen LogP contribution in [0.2, 0.25) is 0 Å². The average molecular weight is 166 g/mol. The summed E-state index contributed by atoms with van der Waals surface area (Å²) in [6, 6.07) is 0. The Morgan fingerprint density at radius 2 is 1.83 bits per heavy atom. The Bertz CT molecular complexity index is 189. The van der Waals surface area contributed by atoms with Crippen molar-refractivity contribution in [2.45, 2.75) is 53.9 Å². The first kappa shape index (κ1) is 9.83. The molecule has 0 spiro atoms. The van der Waals surface area contributed by atoms with E-state index in [0.717, 1.165) is 0 Å². The maximum absolute atomic E-state index is 2.45. The fourth-order valence-electron chi connectivity index (χ4n) is 1.88. The van der Waals surface area contributed by atoms with E-state index in [1.807, 2.05) is 0 Å². The van der Waals surface area contributed by atoms with Gasteiger partial charge in [-0.15, -0.1) is 0 Å². The summed E-state index contributed by atoms with van der Waals surface area (Å²) in [6.07, 6.45) is 6.37. The predicted octanol–water partition coefficient (Wildman–Crippen LogP) is 4.17. The first-order chi connectivity index (χ1) is 5.31. The van der Waals surface area contributed by atoms with E-state index in [4.69, 9.17) is 0 Å². The summed E-state index contributed by atoms with van der Waals surface area (Å²) in [6.45, 7) is 11.7. The molecule has 0 aliphatic heterocycles. The largest absolute Gasteiger partial charge is 0.0848 e. The summed E-state index contributed by atoms with van der Waals surface area (Å²) in [7, 11) is 0. The summed E-state index contributed by atoms with van der Waals surface area (Å²) in [5, 5.41) is 0. The number of allylic oxidation sites excluding steroid dienone is 2. The smallest absolute Gasteiger partial charge is 0.0173 e. The van der Waals surface area contributed by atoms with Gasteiger partial charge < -0.3 is 0 Å². The van der Waals surface area contributed by atoms with E-state index in [0.29, 0.717) is 10.8 Å². The molecule has 1 rings (SSSR count). The molecule has 0 saturated carbocycles. The van der Waals surface area contributed by atoms with E-state index in [2.05, 4.69) is 40.7 Å². The van der Waals surface area contributed by atoms with Crippen LogP contribution in [0, 0.1) is 10.8 Å². The predicted molar refractivity (Wildman–Crippen MR) is 55.2 cm³/mol. The first-order valence-corrected chi connectivity index (χ1v) is 5.01. The van der Waals surface area contributed by atoms with Crippen molar-refractivity contribution in [2.24, 2.45) is 10.8 Å². The molecule has 0 unspecified atom stereocenters. The van der Waals surface area contributed by atoms with E-state index >= 15 is 0 Å². The molecule has 0 bridgehead atoms. The fourth-order valence-corrected chi connectivity index (χ4v) is 1.88. The van der Waals surface area contributed by atoms with Crippen molar-refractivity contribution in [3.05, 3.63) is 11.6 Å². The van der Waals surface area contributed by atoms with Gasteiger partial charge in [-0.25, -0.2) is 0 Å². The summed E-state index contributed by atoms with van der Waals surface area (Å²) >= 11 is 0. The third kappa shape index (κ3) is 2.36. The highest BCUT2D eigenvalue weighted by molar-refractivity contribution is 5.15. The van der Waals surface area contributed by atoms with E-state index < -0.39 is 0 Å². The molecule has 0 heterocycles. The Balaban J connectivity index is 2.75. The van der Waals surface area contributed by atoms with Crippen LogP contribution in [0.25, 0.3) is 0 Å². The van der Waals surface area contributed by atoms with Gasteiger partial charge in [-0.05, 0) is 30.1 Å². The Morgan fingerprint density at radius 1 is 1.25 bits per heavy atom. The van der Waals surface area contributed by atoms with Crippen LogP contribution in [0.5, 0.6) is 0 Å². The summed E-state index contributed by atoms with van der Waals surface area (Å²) in [5.74, 6) is 0. The van der Waals surface area contributed by atoms with E-state index in [-0.39, 0.29) is 0 Å². The van der Waals surface area contributed by atoms with Crippen LogP contribution in [0.15, 0.2) is 11.6 Å². The van der Waals surface area contributed by atoms with Gasteiger partial charge in [-0.2, -0.15) is 0 Å². The highest BCUT2D eigenvalue weighted by atomic mass is 14.3. The van der Waals surface area contributed by atoms with Gasteiger partial charge in [0.2, 0.25) is 0 Å². The molecule has 0 amide bonds. The van der Waals surface area contributed by atoms with Crippen LogP contribution >= 0.6 is 0 Å². The molecule has 0 aromatic rings. The van der Waals surface area contributed by atoms with E-state index in [1.54, 1.807) is 5.57 Å². The standard InChI is InChI=1S/C12H22/c1-11(2,3)10-7-6-8-12(4,5)9-10/h7H,6,8-9H2,1-5H3. The Labute approximate surface area is 77.1 Å². The molecular formula is C12H22. The lowest BCUT2D eigenvalue weighted by atomic mass is 9.70. The minimum atomic E-state index is 0.387. The zero-order chi connectivity index (χ0) is 9.41. The second-order valence-corrected chi connectivity index (χ2v) is 5.86. The number of hydrogen-bond acceptors (Lipinski definition) is 0. The lowest BCUT2D eigenvalue weighted by Gasteiger charge is -2.35. The van der Waals surface area contributed by atoms with Crippen molar-refractivity contribution >= 4 is 0 Å². The minimum absolute atomic E-state index is 0.387. The van der Waals surface area contributed by atoms with Gasteiger partial charge in [0.1, 0.15) is 0 Å². The lowest BCUT2D eigenvalue weighted by Crippen LogP contribution is -2.22. The molecule has 0 N–H and O–H groups in total. The highest BCUT2D eigenvalue weighted by Crippen LogP contribution is 2.41. The molecule has 70 valence electrons. The summed E-state index contributed by atoms with van der Waals surface area (Å²) in [4.78, 5) is 0. The average Bonchev–Trinajstić information content (AvgIpc) is 1.83. The van der Waals surface area contributed by atoms with Gasteiger partial charge in [0.25, 0.3) is 0 Å². The number of hydrogen-bond donors (Lipinski definition) is 0. The first-order valence-electron chi connectivity index (χ1n) is 5.01. The van der Waals surface area contributed by atoms with Crippen LogP contribution < -0.4 is 0 Å². The molecular weight excluding hydrogens is 144 g/mol. The summed E-state index contributed by atoms with van der Waals surface area (Å²) < 4.78 is 0. The zero-order valence-corrected chi connectivity index (χ0v) is 9.20. The van der Waals surface area contributed by atoms with Gasteiger partial charge in [0.15, 0.2) is 0 Å². The third-order valence-corrected chi connectivity index (χ3v) is 2.84. The second kappa shape index (κ2) is 2.90. The third-order valence-electron chi connectivity index (χ3n) is 2.84. The second-order valence-electron chi connectivity index (χ2n) is 5.86. The molecule has 1 aliphatic rings. The number of rotatable bonds is 0. The van der Waals surface area contributed by atoms with Crippen molar-refractivity contribution in [1.29, 1.82) is 0 Å². The Hall–Kier alpha value is -0.260. The molecule has 1 aliphatic carbocycles. The van der Waals surface area contributed by atoms with Crippen molar-refractivity contribution in [3.63, 3.8) is 0 Å². The molecule has 0 heteroatoms. The quantitative estimate of drug-likeness (QED) is 0.474. The van der Waals surface area contributed by atoms with Gasteiger partial charge in [-0.1, -0.05) is 46.3 Å². The molecule has 12 heavy (non-hydrogen) atoms. The zero-order valence-electron chi connectivity index (χ0n) is 9.20. The molecule has 0 aromatic heterocycles. The van der Waals surface area contributed by atoms with E-state index in [1.165, 1.54) is 19.3 Å². The topological polar surface area (TPSA) is 0 Å². The van der Waals surface area contributed by atoms with Gasteiger partial charge in [-0.3, -0.25) is 0 Å². The van der Waals surface area contributed by atoms with Gasteiger partial charge in [0.05, 0.1) is 0 Å². The molecule has 0 nitrogen and oxygen atoms in total. The van der Waals surface area contributed by atoms with Crippen molar-refractivity contribution in [2.75, 3.05) is 0 Å². The fraction of sp³-hybridized carbons (Fsp3) is 0.833. The van der Waals surface area contributed by atoms with Crippen LogP contribution in [-0.2, 0) is 0 Å². The SMILES string of the molecule is CC1(C)CCC=C(C(C)(C)C)C1.